The van der Waals surface area contributed by atoms with Crippen LogP contribution < -0.4 is 5.32 Å². The molecule has 0 spiro atoms. The first-order valence-corrected chi connectivity index (χ1v) is 7.83. The Kier molecular flexibility index (Phi) is 3.95. The zero-order chi connectivity index (χ0) is 14.8. The lowest BCUT2D eigenvalue weighted by Crippen LogP contribution is -2.40. The van der Waals surface area contributed by atoms with Crippen molar-refractivity contribution in [3.05, 3.63) is 35.9 Å². The molecule has 112 valence electrons. The second kappa shape index (κ2) is 5.88. The van der Waals surface area contributed by atoms with Crippen molar-refractivity contribution in [3.63, 3.8) is 0 Å². The Bertz CT molecular complexity index is 525. The molecule has 2 fully saturated rings. The smallest absolute Gasteiger partial charge is 0.227 e. The van der Waals surface area contributed by atoms with Gasteiger partial charge in [-0.05, 0) is 24.8 Å². The van der Waals surface area contributed by atoms with Gasteiger partial charge in [-0.1, -0.05) is 37.3 Å². The van der Waals surface area contributed by atoms with Crippen LogP contribution in [0.15, 0.2) is 30.3 Å². The van der Waals surface area contributed by atoms with Gasteiger partial charge in [0.05, 0.1) is 12.0 Å². The van der Waals surface area contributed by atoms with E-state index < -0.39 is 0 Å². The average Bonchev–Trinajstić information content (AvgIpc) is 3.25. The van der Waals surface area contributed by atoms with E-state index in [0.29, 0.717) is 19.0 Å². The van der Waals surface area contributed by atoms with Crippen molar-refractivity contribution < 1.29 is 9.59 Å². The van der Waals surface area contributed by atoms with E-state index in [4.69, 9.17) is 0 Å². The Morgan fingerprint density at radius 3 is 2.67 bits per heavy atom. The Balaban J connectivity index is 1.61. The summed E-state index contributed by atoms with van der Waals surface area (Å²) in [4.78, 5) is 26.4. The third kappa shape index (κ3) is 3.09. The standard InChI is InChI=1S/C17H22N2O2/c1-2-15(12-6-4-3-5-7-12)17(21)18-13-10-16(20)19(11-13)14-8-9-14/h3-7,13-15H,2,8-11H2,1H3,(H,18,21)/t13-,15-/m0/s1. The molecule has 0 aromatic heterocycles. The minimum atomic E-state index is -0.128. The van der Waals surface area contributed by atoms with Gasteiger partial charge < -0.3 is 10.2 Å². The number of nitrogens with zero attached hydrogens (tertiary/aromatic N) is 1. The number of nitrogens with one attached hydrogen (secondary N) is 1. The number of benzene rings is 1. The van der Waals surface area contributed by atoms with Crippen molar-refractivity contribution in [1.82, 2.24) is 10.2 Å². The first-order chi connectivity index (χ1) is 10.2. The summed E-state index contributed by atoms with van der Waals surface area (Å²) in [6, 6.07) is 10.3. The largest absolute Gasteiger partial charge is 0.351 e. The third-order valence-corrected chi connectivity index (χ3v) is 4.42. The molecule has 0 bridgehead atoms. The van der Waals surface area contributed by atoms with Gasteiger partial charge in [0.25, 0.3) is 0 Å². The lowest BCUT2D eigenvalue weighted by Gasteiger charge is -2.19. The molecular formula is C17H22N2O2. The van der Waals surface area contributed by atoms with Crippen LogP contribution in [-0.2, 0) is 9.59 Å². The van der Waals surface area contributed by atoms with Crippen LogP contribution in [0, 0.1) is 0 Å². The van der Waals surface area contributed by atoms with Crippen LogP contribution in [0.4, 0.5) is 0 Å². The topological polar surface area (TPSA) is 49.4 Å². The zero-order valence-electron chi connectivity index (χ0n) is 12.4. The Morgan fingerprint density at radius 2 is 2.05 bits per heavy atom. The molecule has 0 unspecified atom stereocenters. The van der Waals surface area contributed by atoms with E-state index in [1.54, 1.807) is 0 Å². The molecule has 4 nitrogen and oxygen atoms in total. The molecule has 2 amide bonds. The molecule has 1 saturated carbocycles. The van der Waals surface area contributed by atoms with Gasteiger partial charge in [0.1, 0.15) is 0 Å². The lowest BCUT2D eigenvalue weighted by molar-refractivity contribution is -0.128. The maximum atomic E-state index is 12.5. The summed E-state index contributed by atoms with van der Waals surface area (Å²) in [5.74, 6) is 0.103. The van der Waals surface area contributed by atoms with Gasteiger partial charge >= 0.3 is 0 Å². The SMILES string of the molecule is CC[C@H](C(=O)N[C@H]1CC(=O)N(C2CC2)C1)c1ccccc1. The molecule has 21 heavy (non-hydrogen) atoms. The highest BCUT2D eigenvalue weighted by molar-refractivity contribution is 5.86. The number of hydrogen-bond acceptors (Lipinski definition) is 2. The van der Waals surface area contributed by atoms with Gasteiger partial charge in [-0.15, -0.1) is 0 Å². The van der Waals surface area contributed by atoms with Crippen LogP contribution >= 0.6 is 0 Å². The summed E-state index contributed by atoms with van der Waals surface area (Å²) in [5.41, 5.74) is 1.04. The molecule has 2 atom stereocenters. The number of amides is 2. The fourth-order valence-corrected chi connectivity index (χ4v) is 3.13. The van der Waals surface area contributed by atoms with Crippen LogP contribution in [0.25, 0.3) is 0 Å². The summed E-state index contributed by atoms with van der Waals surface area (Å²) in [7, 11) is 0. The van der Waals surface area contributed by atoms with Crippen LogP contribution in [0.1, 0.15) is 44.1 Å². The average molecular weight is 286 g/mol. The Labute approximate surface area is 125 Å². The molecule has 1 aliphatic heterocycles. The normalized spacial score (nSPS) is 23.2. The Morgan fingerprint density at radius 1 is 1.33 bits per heavy atom. The molecule has 1 heterocycles. The van der Waals surface area contributed by atoms with E-state index in [1.807, 2.05) is 42.2 Å². The highest BCUT2D eigenvalue weighted by Crippen LogP contribution is 2.31. The van der Waals surface area contributed by atoms with Gasteiger partial charge in [0.2, 0.25) is 11.8 Å². The van der Waals surface area contributed by atoms with E-state index in [1.165, 1.54) is 0 Å². The van der Waals surface area contributed by atoms with Gasteiger partial charge in [0, 0.05) is 19.0 Å². The molecule has 1 aromatic rings. The molecule has 1 saturated heterocycles. The second-order valence-corrected chi connectivity index (χ2v) is 6.06. The quantitative estimate of drug-likeness (QED) is 0.900. The minimum absolute atomic E-state index is 0.0247. The monoisotopic (exact) mass is 286 g/mol. The number of likely N-dealkylation sites (tertiary alicyclic amines) is 1. The predicted octanol–water partition coefficient (Wildman–Crippen LogP) is 2.06. The van der Waals surface area contributed by atoms with E-state index in [0.717, 1.165) is 24.8 Å². The molecule has 4 heteroatoms. The number of hydrogen-bond donors (Lipinski definition) is 1. The van der Waals surface area contributed by atoms with E-state index >= 15 is 0 Å². The summed E-state index contributed by atoms with van der Waals surface area (Å²) in [5, 5.41) is 3.07. The van der Waals surface area contributed by atoms with E-state index in [9.17, 15) is 9.59 Å². The van der Waals surface area contributed by atoms with Crippen LogP contribution in [0.5, 0.6) is 0 Å². The third-order valence-electron chi connectivity index (χ3n) is 4.42. The fourth-order valence-electron chi connectivity index (χ4n) is 3.13. The van der Waals surface area contributed by atoms with Gasteiger partial charge in [-0.3, -0.25) is 9.59 Å². The lowest BCUT2D eigenvalue weighted by atomic mass is 9.95. The summed E-state index contributed by atoms with van der Waals surface area (Å²) in [6.45, 7) is 2.70. The molecule has 1 aliphatic carbocycles. The Hall–Kier alpha value is -1.84. The van der Waals surface area contributed by atoms with Crippen molar-refractivity contribution in [2.45, 2.75) is 50.6 Å². The number of rotatable bonds is 5. The molecular weight excluding hydrogens is 264 g/mol. The number of carbonyl (C=O) groups excluding carboxylic acids is 2. The second-order valence-electron chi connectivity index (χ2n) is 6.06. The summed E-state index contributed by atoms with van der Waals surface area (Å²) < 4.78 is 0. The minimum Gasteiger partial charge on any atom is -0.351 e. The van der Waals surface area contributed by atoms with Crippen LogP contribution in [0.2, 0.25) is 0 Å². The van der Waals surface area contributed by atoms with Gasteiger partial charge in [-0.25, -0.2) is 0 Å². The van der Waals surface area contributed by atoms with Crippen LogP contribution in [0.3, 0.4) is 0 Å². The first-order valence-electron chi connectivity index (χ1n) is 7.83. The fraction of sp³-hybridized carbons (Fsp3) is 0.529. The molecule has 2 aliphatic rings. The van der Waals surface area contributed by atoms with Gasteiger partial charge in [-0.2, -0.15) is 0 Å². The van der Waals surface area contributed by atoms with Crippen LogP contribution in [-0.4, -0.2) is 35.3 Å². The number of carbonyl (C=O) groups is 2. The molecule has 0 radical (unpaired) electrons. The van der Waals surface area contributed by atoms with E-state index in [2.05, 4.69) is 5.32 Å². The maximum Gasteiger partial charge on any atom is 0.227 e. The molecule has 3 rings (SSSR count). The highest BCUT2D eigenvalue weighted by atomic mass is 16.2. The van der Waals surface area contributed by atoms with Crippen molar-refractivity contribution >= 4 is 11.8 Å². The summed E-state index contributed by atoms with van der Waals surface area (Å²) >= 11 is 0. The first kappa shape index (κ1) is 14.1. The predicted molar refractivity (Wildman–Crippen MR) is 80.8 cm³/mol. The van der Waals surface area contributed by atoms with Crippen molar-refractivity contribution in [1.29, 1.82) is 0 Å². The molecule has 1 aromatic carbocycles. The van der Waals surface area contributed by atoms with Crippen molar-refractivity contribution in [3.8, 4) is 0 Å². The maximum absolute atomic E-state index is 12.5. The van der Waals surface area contributed by atoms with E-state index in [-0.39, 0.29) is 23.8 Å². The van der Waals surface area contributed by atoms with Crippen molar-refractivity contribution in [2.75, 3.05) is 6.54 Å². The summed E-state index contributed by atoms with van der Waals surface area (Å²) in [6.07, 6.45) is 3.46. The zero-order valence-corrected chi connectivity index (χ0v) is 12.4. The van der Waals surface area contributed by atoms with Gasteiger partial charge in [0.15, 0.2) is 0 Å². The van der Waals surface area contributed by atoms with Crippen molar-refractivity contribution in [2.24, 2.45) is 0 Å². The highest BCUT2D eigenvalue weighted by Gasteiger charge is 2.40. The molecule has 1 N–H and O–H groups in total.